The summed E-state index contributed by atoms with van der Waals surface area (Å²) in [7, 11) is 0. The third kappa shape index (κ3) is 2.65. The highest BCUT2D eigenvalue weighted by molar-refractivity contribution is 5.83. The molecule has 0 atom stereocenters. The third-order valence-electron chi connectivity index (χ3n) is 3.78. The summed E-state index contributed by atoms with van der Waals surface area (Å²) >= 11 is 0. The summed E-state index contributed by atoms with van der Waals surface area (Å²) in [4.78, 5) is 8.45. The van der Waals surface area contributed by atoms with E-state index >= 15 is 0 Å². The largest absolute Gasteiger partial charge is 0.508 e. The lowest BCUT2D eigenvalue weighted by atomic mass is 10.2. The lowest BCUT2D eigenvalue weighted by molar-refractivity contribution is 0.470. The zero-order valence-electron chi connectivity index (χ0n) is 13.3. The topological polar surface area (TPSA) is 108 Å². The van der Waals surface area contributed by atoms with Crippen molar-refractivity contribution in [3.63, 3.8) is 0 Å². The van der Waals surface area contributed by atoms with Crippen LogP contribution in [0.15, 0.2) is 36.7 Å². The van der Waals surface area contributed by atoms with Crippen LogP contribution in [0.5, 0.6) is 5.75 Å². The van der Waals surface area contributed by atoms with Crippen LogP contribution in [0.2, 0.25) is 0 Å². The van der Waals surface area contributed by atoms with E-state index in [9.17, 15) is 9.50 Å². The van der Waals surface area contributed by atoms with Crippen LogP contribution in [-0.4, -0.2) is 34.6 Å². The molecule has 0 spiro atoms. The van der Waals surface area contributed by atoms with Gasteiger partial charge < -0.3 is 10.8 Å². The van der Waals surface area contributed by atoms with Crippen LogP contribution in [0, 0.1) is 12.7 Å². The standard InChI is InChI=1S/C16H14FN7O/c1-9-4-5-23(22-9)14-12-7-19-24(15(12)21-16(18)20-14)8-10-6-11(25)2-3-13(10)17/h2-7,25H,8H2,1H3,(H2,18,20,21). The monoisotopic (exact) mass is 339 g/mol. The number of benzene rings is 1. The summed E-state index contributed by atoms with van der Waals surface area (Å²) in [6, 6.07) is 5.69. The van der Waals surface area contributed by atoms with E-state index in [2.05, 4.69) is 20.2 Å². The Hall–Kier alpha value is -3.49. The molecule has 9 heteroatoms. The van der Waals surface area contributed by atoms with Gasteiger partial charge in [0, 0.05) is 11.8 Å². The fourth-order valence-corrected chi connectivity index (χ4v) is 2.62. The second-order valence-electron chi connectivity index (χ2n) is 5.62. The summed E-state index contributed by atoms with van der Waals surface area (Å²) < 4.78 is 17.1. The third-order valence-corrected chi connectivity index (χ3v) is 3.78. The first-order valence-electron chi connectivity index (χ1n) is 7.50. The number of aryl methyl sites for hydroxylation is 1. The number of nitrogen functional groups attached to an aromatic ring is 1. The molecular weight excluding hydrogens is 325 g/mol. The first-order chi connectivity index (χ1) is 12.0. The maximum atomic E-state index is 14.0. The van der Waals surface area contributed by atoms with E-state index in [1.807, 2.05) is 13.0 Å². The Kier molecular flexibility index (Phi) is 3.34. The number of phenols is 1. The summed E-state index contributed by atoms with van der Waals surface area (Å²) in [5.74, 6) is 0.105. The Bertz CT molecular complexity index is 1090. The summed E-state index contributed by atoms with van der Waals surface area (Å²) in [5, 5.41) is 18.8. The fourth-order valence-electron chi connectivity index (χ4n) is 2.62. The number of hydrogen-bond acceptors (Lipinski definition) is 6. The lowest BCUT2D eigenvalue weighted by Crippen LogP contribution is -2.08. The van der Waals surface area contributed by atoms with Crippen molar-refractivity contribution in [3.8, 4) is 11.6 Å². The predicted molar refractivity (Wildman–Crippen MR) is 88.8 cm³/mol. The van der Waals surface area contributed by atoms with Crippen molar-refractivity contribution in [1.29, 1.82) is 0 Å². The van der Waals surface area contributed by atoms with Crippen LogP contribution < -0.4 is 5.73 Å². The maximum Gasteiger partial charge on any atom is 0.224 e. The molecule has 1 aromatic carbocycles. The number of anilines is 1. The number of aromatic hydroxyl groups is 1. The van der Waals surface area contributed by atoms with Gasteiger partial charge in [0.05, 0.1) is 23.8 Å². The minimum atomic E-state index is -0.439. The van der Waals surface area contributed by atoms with E-state index in [1.165, 1.54) is 22.9 Å². The average molecular weight is 339 g/mol. The minimum absolute atomic E-state index is 0.0188. The molecule has 4 aromatic rings. The number of nitrogens with zero attached hydrogens (tertiary/aromatic N) is 6. The Morgan fingerprint density at radius 1 is 1.24 bits per heavy atom. The van der Waals surface area contributed by atoms with E-state index in [1.54, 1.807) is 17.1 Å². The molecule has 0 aliphatic carbocycles. The Labute approximate surface area is 141 Å². The number of aromatic nitrogens is 6. The molecule has 0 saturated carbocycles. The highest BCUT2D eigenvalue weighted by Crippen LogP contribution is 2.22. The van der Waals surface area contributed by atoms with Crippen LogP contribution >= 0.6 is 0 Å². The van der Waals surface area contributed by atoms with Crippen molar-refractivity contribution in [2.24, 2.45) is 0 Å². The molecule has 0 radical (unpaired) electrons. The van der Waals surface area contributed by atoms with E-state index in [4.69, 9.17) is 5.73 Å². The van der Waals surface area contributed by atoms with Crippen LogP contribution in [0.1, 0.15) is 11.3 Å². The van der Waals surface area contributed by atoms with Gasteiger partial charge in [0.25, 0.3) is 0 Å². The van der Waals surface area contributed by atoms with Gasteiger partial charge in [0.15, 0.2) is 11.5 Å². The zero-order valence-corrected chi connectivity index (χ0v) is 13.3. The smallest absolute Gasteiger partial charge is 0.224 e. The number of rotatable bonds is 3. The number of phenolic OH excluding ortho intramolecular Hbond substituents is 1. The summed E-state index contributed by atoms with van der Waals surface area (Å²) in [5.41, 5.74) is 7.41. The van der Waals surface area contributed by atoms with E-state index in [0.717, 1.165) is 5.69 Å². The zero-order chi connectivity index (χ0) is 17.6. The van der Waals surface area contributed by atoms with Crippen molar-refractivity contribution in [1.82, 2.24) is 29.5 Å². The van der Waals surface area contributed by atoms with Crippen LogP contribution in [0.4, 0.5) is 10.3 Å². The Balaban J connectivity index is 1.84. The molecule has 0 saturated heterocycles. The second-order valence-corrected chi connectivity index (χ2v) is 5.62. The molecule has 0 aliphatic heterocycles. The maximum absolute atomic E-state index is 14.0. The van der Waals surface area contributed by atoms with Crippen molar-refractivity contribution >= 4 is 17.0 Å². The SMILES string of the molecule is Cc1ccn(-c2nc(N)nc3c2cnn3Cc2cc(O)ccc2F)n1. The molecule has 3 aromatic heterocycles. The summed E-state index contributed by atoms with van der Waals surface area (Å²) in [6.07, 6.45) is 3.35. The molecule has 0 amide bonds. The molecule has 0 fully saturated rings. The van der Waals surface area contributed by atoms with Gasteiger partial charge in [-0.3, -0.25) is 0 Å². The van der Waals surface area contributed by atoms with Crippen LogP contribution in [0.3, 0.4) is 0 Å². The molecule has 3 N–H and O–H groups in total. The highest BCUT2D eigenvalue weighted by atomic mass is 19.1. The lowest BCUT2D eigenvalue weighted by Gasteiger charge is -2.07. The number of hydrogen-bond donors (Lipinski definition) is 2. The van der Waals surface area contributed by atoms with E-state index < -0.39 is 5.82 Å². The van der Waals surface area contributed by atoms with Gasteiger partial charge >= 0.3 is 0 Å². The van der Waals surface area contributed by atoms with Crippen molar-refractivity contribution < 1.29 is 9.50 Å². The molecule has 8 nitrogen and oxygen atoms in total. The molecule has 0 aliphatic rings. The Morgan fingerprint density at radius 2 is 2.08 bits per heavy atom. The van der Waals surface area contributed by atoms with Crippen molar-refractivity contribution in [2.45, 2.75) is 13.5 Å². The van der Waals surface area contributed by atoms with Gasteiger partial charge in [-0.2, -0.15) is 20.2 Å². The van der Waals surface area contributed by atoms with Gasteiger partial charge in [0.2, 0.25) is 5.95 Å². The first-order valence-corrected chi connectivity index (χ1v) is 7.50. The van der Waals surface area contributed by atoms with Gasteiger partial charge in [0.1, 0.15) is 11.6 Å². The van der Waals surface area contributed by atoms with Crippen LogP contribution in [-0.2, 0) is 6.54 Å². The Morgan fingerprint density at radius 3 is 2.84 bits per heavy atom. The quantitative estimate of drug-likeness (QED) is 0.589. The molecule has 4 rings (SSSR count). The molecule has 0 unspecified atom stereocenters. The fraction of sp³-hybridized carbons (Fsp3) is 0.125. The van der Waals surface area contributed by atoms with E-state index in [-0.39, 0.29) is 18.2 Å². The normalized spacial score (nSPS) is 11.3. The number of nitrogens with two attached hydrogens (primary N) is 1. The highest BCUT2D eigenvalue weighted by Gasteiger charge is 2.15. The van der Waals surface area contributed by atoms with Crippen molar-refractivity contribution in [3.05, 3.63) is 53.7 Å². The molecule has 126 valence electrons. The van der Waals surface area contributed by atoms with Gasteiger partial charge in [-0.1, -0.05) is 0 Å². The molecule has 3 heterocycles. The summed E-state index contributed by atoms with van der Waals surface area (Å²) in [6.45, 7) is 1.96. The number of halogens is 1. The first kappa shape index (κ1) is 15.1. The van der Waals surface area contributed by atoms with Crippen LogP contribution in [0.25, 0.3) is 16.9 Å². The molecular formula is C16H14FN7O. The molecule has 0 bridgehead atoms. The average Bonchev–Trinajstić information content (AvgIpc) is 3.17. The van der Waals surface area contributed by atoms with Gasteiger partial charge in [-0.25, -0.2) is 13.8 Å². The van der Waals surface area contributed by atoms with Crippen molar-refractivity contribution in [2.75, 3.05) is 5.73 Å². The molecule has 25 heavy (non-hydrogen) atoms. The predicted octanol–water partition coefficient (Wildman–Crippen LogP) is 1.80. The minimum Gasteiger partial charge on any atom is -0.508 e. The van der Waals surface area contributed by atoms with E-state index in [0.29, 0.717) is 22.4 Å². The van der Waals surface area contributed by atoms with Gasteiger partial charge in [-0.05, 0) is 31.2 Å². The number of fused-ring (bicyclic) bond motifs is 1. The second kappa shape index (κ2) is 5.55. The van der Waals surface area contributed by atoms with Gasteiger partial charge in [-0.15, -0.1) is 0 Å².